The zero-order chi connectivity index (χ0) is 16.3. The number of morpholine rings is 1. The Hall–Kier alpha value is -1.43. The normalized spacial score (nSPS) is 41.0. The van der Waals surface area contributed by atoms with Gasteiger partial charge in [0.2, 0.25) is 17.6 Å². The highest BCUT2D eigenvalue weighted by atomic mass is 16.5. The highest BCUT2D eigenvalue weighted by Gasteiger charge is 2.55. The van der Waals surface area contributed by atoms with E-state index in [2.05, 4.69) is 10.1 Å². The van der Waals surface area contributed by atoms with E-state index < -0.39 is 0 Å². The Morgan fingerprint density at radius 2 is 1.83 bits per heavy atom. The number of rotatable bonds is 2. The first-order chi connectivity index (χ1) is 11.6. The van der Waals surface area contributed by atoms with Crippen molar-refractivity contribution in [2.24, 2.45) is 23.2 Å². The van der Waals surface area contributed by atoms with E-state index in [0.717, 1.165) is 37.0 Å². The molecular weight excluding hydrogens is 306 g/mol. The van der Waals surface area contributed by atoms with Crippen LogP contribution in [0.2, 0.25) is 0 Å². The number of aromatic nitrogens is 2. The molecule has 4 bridgehead atoms. The maximum absolute atomic E-state index is 13.4. The van der Waals surface area contributed by atoms with Crippen molar-refractivity contribution < 1.29 is 14.1 Å². The van der Waals surface area contributed by atoms with Gasteiger partial charge >= 0.3 is 0 Å². The van der Waals surface area contributed by atoms with E-state index in [1.807, 2.05) is 4.90 Å². The van der Waals surface area contributed by atoms with E-state index in [-0.39, 0.29) is 11.5 Å². The lowest BCUT2D eigenvalue weighted by molar-refractivity contribution is -0.165. The number of aryl methyl sites for hydroxylation is 1. The second kappa shape index (κ2) is 5.28. The van der Waals surface area contributed by atoms with Gasteiger partial charge in [0, 0.05) is 13.5 Å². The number of carbonyl (C=O) groups excluding carboxylic acids is 1. The molecule has 1 atom stereocenters. The van der Waals surface area contributed by atoms with E-state index in [4.69, 9.17) is 9.26 Å². The van der Waals surface area contributed by atoms with Gasteiger partial charge in [-0.3, -0.25) is 4.79 Å². The van der Waals surface area contributed by atoms with Crippen LogP contribution >= 0.6 is 0 Å². The monoisotopic (exact) mass is 331 g/mol. The summed E-state index contributed by atoms with van der Waals surface area (Å²) in [6, 6.07) is 0. The van der Waals surface area contributed by atoms with Crippen LogP contribution in [-0.2, 0) is 9.53 Å². The maximum Gasteiger partial charge on any atom is 0.229 e. The summed E-state index contributed by atoms with van der Waals surface area (Å²) in [7, 11) is 0. The number of ether oxygens (including phenoxy) is 1. The average molecular weight is 331 g/mol. The van der Waals surface area contributed by atoms with E-state index >= 15 is 0 Å². The first-order valence-electron chi connectivity index (χ1n) is 9.32. The zero-order valence-corrected chi connectivity index (χ0v) is 14.2. The van der Waals surface area contributed by atoms with Crippen LogP contribution in [0.1, 0.15) is 56.3 Å². The Labute approximate surface area is 141 Å². The molecular formula is C18H25N3O3. The van der Waals surface area contributed by atoms with Crippen molar-refractivity contribution in [3.05, 3.63) is 11.7 Å². The molecule has 4 aliphatic carbocycles. The molecule has 5 aliphatic rings. The quantitative estimate of drug-likeness (QED) is 0.833. The molecule has 0 spiro atoms. The predicted molar refractivity (Wildman–Crippen MR) is 84.9 cm³/mol. The van der Waals surface area contributed by atoms with Crippen LogP contribution in [0.4, 0.5) is 0 Å². The average Bonchev–Trinajstić information content (AvgIpc) is 3.00. The molecule has 0 aromatic carbocycles. The minimum absolute atomic E-state index is 0.0796. The van der Waals surface area contributed by atoms with Crippen LogP contribution in [0.3, 0.4) is 0 Å². The van der Waals surface area contributed by atoms with Crippen molar-refractivity contribution in [3.63, 3.8) is 0 Å². The summed E-state index contributed by atoms with van der Waals surface area (Å²) in [5, 5.41) is 3.98. The van der Waals surface area contributed by atoms with Gasteiger partial charge in [0.05, 0.1) is 18.6 Å². The van der Waals surface area contributed by atoms with E-state index in [0.29, 0.717) is 37.3 Å². The fourth-order valence-electron chi connectivity index (χ4n) is 6.14. The second-order valence-electron chi connectivity index (χ2n) is 8.48. The van der Waals surface area contributed by atoms with Gasteiger partial charge in [0.25, 0.3) is 0 Å². The zero-order valence-electron chi connectivity index (χ0n) is 14.2. The molecule has 1 saturated heterocycles. The fraction of sp³-hybridized carbons (Fsp3) is 0.833. The summed E-state index contributed by atoms with van der Waals surface area (Å²) in [4.78, 5) is 19.7. The van der Waals surface area contributed by atoms with Crippen molar-refractivity contribution in [1.29, 1.82) is 0 Å². The minimum Gasteiger partial charge on any atom is -0.366 e. The molecule has 5 fully saturated rings. The number of carbonyl (C=O) groups is 1. The van der Waals surface area contributed by atoms with Crippen molar-refractivity contribution in [2.45, 2.75) is 51.6 Å². The third kappa shape index (κ3) is 2.30. The lowest BCUT2D eigenvalue weighted by Crippen LogP contribution is -2.56. The molecule has 130 valence electrons. The predicted octanol–water partition coefficient (Wildman–Crippen LogP) is 2.49. The van der Waals surface area contributed by atoms with Gasteiger partial charge in [-0.2, -0.15) is 4.98 Å². The van der Waals surface area contributed by atoms with Crippen LogP contribution in [0, 0.1) is 30.1 Å². The van der Waals surface area contributed by atoms with Gasteiger partial charge in [-0.1, -0.05) is 5.16 Å². The summed E-state index contributed by atoms with van der Waals surface area (Å²) in [6.07, 6.45) is 7.17. The first kappa shape index (κ1) is 14.9. The molecule has 24 heavy (non-hydrogen) atoms. The molecule has 0 N–H and O–H groups in total. The van der Waals surface area contributed by atoms with Gasteiger partial charge in [0.1, 0.15) is 6.10 Å². The van der Waals surface area contributed by atoms with Crippen molar-refractivity contribution in [2.75, 3.05) is 19.7 Å². The van der Waals surface area contributed by atoms with E-state index in [1.54, 1.807) is 6.92 Å². The number of hydrogen-bond donors (Lipinski definition) is 0. The lowest BCUT2D eigenvalue weighted by Gasteiger charge is -2.57. The molecule has 1 aliphatic heterocycles. The van der Waals surface area contributed by atoms with Crippen LogP contribution in [0.25, 0.3) is 0 Å². The molecule has 1 amide bonds. The van der Waals surface area contributed by atoms with Crippen LogP contribution in [0.5, 0.6) is 0 Å². The molecule has 4 saturated carbocycles. The van der Waals surface area contributed by atoms with Crippen LogP contribution in [-0.4, -0.2) is 40.6 Å². The standard InChI is InChI=1S/C18H25N3O3/c1-11-19-16(20-24-11)15-10-21(2-3-23-15)17(22)18-7-12-4-13(8-18)6-14(5-12)9-18/h12-15H,2-10H2,1H3/t12?,13?,14?,15-,18?/m0/s1. The second-order valence-corrected chi connectivity index (χ2v) is 8.48. The Balaban J connectivity index is 1.35. The van der Waals surface area contributed by atoms with Crippen LogP contribution in [0.15, 0.2) is 4.52 Å². The molecule has 6 nitrogen and oxygen atoms in total. The SMILES string of the molecule is Cc1nc([C@@H]2CN(C(=O)C34CC5CC(CC(C5)C3)C4)CCO2)no1. The summed E-state index contributed by atoms with van der Waals surface area (Å²) >= 11 is 0. The molecule has 1 aromatic rings. The lowest BCUT2D eigenvalue weighted by atomic mass is 9.49. The number of amides is 1. The largest absolute Gasteiger partial charge is 0.366 e. The topological polar surface area (TPSA) is 68.5 Å². The first-order valence-corrected chi connectivity index (χ1v) is 9.32. The minimum atomic E-state index is -0.255. The molecule has 6 rings (SSSR count). The fourth-order valence-corrected chi connectivity index (χ4v) is 6.14. The highest BCUT2D eigenvalue weighted by molar-refractivity contribution is 5.83. The van der Waals surface area contributed by atoms with E-state index in [9.17, 15) is 4.79 Å². The molecule has 1 aromatic heterocycles. The van der Waals surface area contributed by atoms with Crippen molar-refractivity contribution >= 4 is 5.91 Å². The summed E-state index contributed by atoms with van der Waals surface area (Å²) < 4.78 is 10.9. The summed E-state index contributed by atoms with van der Waals surface area (Å²) in [5.41, 5.74) is -0.0796. The third-order valence-corrected chi connectivity index (χ3v) is 6.68. The summed E-state index contributed by atoms with van der Waals surface area (Å²) in [6.45, 7) is 3.57. The molecule has 2 heterocycles. The van der Waals surface area contributed by atoms with E-state index in [1.165, 1.54) is 19.3 Å². The Morgan fingerprint density at radius 3 is 2.42 bits per heavy atom. The van der Waals surface area contributed by atoms with Gasteiger partial charge in [-0.05, 0) is 56.3 Å². The summed E-state index contributed by atoms with van der Waals surface area (Å²) in [5.74, 6) is 3.84. The van der Waals surface area contributed by atoms with Gasteiger partial charge in [-0.25, -0.2) is 0 Å². The maximum atomic E-state index is 13.4. The smallest absolute Gasteiger partial charge is 0.229 e. The van der Waals surface area contributed by atoms with Gasteiger partial charge in [-0.15, -0.1) is 0 Å². The Bertz CT molecular complexity index is 620. The van der Waals surface area contributed by atoms with Crippen molar-refractivity contribution in [3.8, 4) is 0 Å². The number of hydrogen-bond acceptors (Lipinski definition) is 5. The molecule has 0 radical (unpaired) electrons. The Morgan fingerprint density at radius 1 is 1.17 bits per heavy atom. The molecule has 0 unspecified atom stereocenters. The van der Waals surface area contributed by atoms with Crippen LogP contribution < -0.4 is 0 Å². The van der Waals surface area contributed by atoms with Crippen molar-refractivity contribution in [1.82, 2.24) is 15.0 Å². The van der Waals surface area contributed by atoms with Gasteiger partial charge in [0.15, 0.2) is 0 Å². The third-order valence-electron chi connectivity index (χ3n) is 6.68. The van der Waals surface area contributed by atoms with Gasteiger partial charge < -0.3 is 14.2 Å². The molecule has 6 heteroatoms. The highest BCUT2D eigenvalue weighted by Crippen LogP contribution is 2.60. The number of nitrogens with zero attached hydrogens (tertiary/aromatic N) is 3. The Kier molecular flexibility index (Phi) is 3.27.